The van der Waals surface area contributed by atoms with Gasteiger partial charge in [-0.3, -0.25) is 9.69 Å². The van der Waals surface area contributed by atoms with E-state index in [1.54, 1.807) is 48.5 Å². The van der Waals surface area contributed by atoms with Crippen LogP contribution < -0.4 is 9.84 Å². The van der Waals surface area contributed by atoms with Gasteiger partial charge in [0.25, 0.3) is 5.91 Å². The summed E-state index contributed by atoms with van der Waals surface area (Å²) in [6.45, 7) is -0.502. The van der Waals surface area contributed by atoms with Crippen LogP contribution in [0.1, 0.15) is 11.1 Å². The highest BCUT2D eigenvalue weighted by molar-refractivity contribution is 8.26. The van der Waals surface area contributed by atoms with Crippen molar-refractivity contribution in [2.75, 3.05) is 6.54 Å². The molecule has 2 aromatic rings. The third-order valence-electron chi connectivity index (χ3n) is 3.67. The van der Waals surface area contributed by atoms with Crippen LogP contribution in [0.4, 0.5) is 4.39 Å². The molecule has 0 atom stereocenters. The third-order valence-corrected chi connectivity index (χ3v) is 5.05. The van der Waals surface area contributed by atoms with Crippen molar-refractivity contribution in [3.8, 4) is 5.75 Å². The van der Waals surface area contributed by atoms with Crippen LogP contribution in [0, 0.1) is 5.82 Å². The van der Waals surface area contributed by atoms with Crippen LogP contribution in [0.5, 0.6) is 5.75 Å². The maximum Gasteiger partial charge on any atom is 0.266 e. The molecule has 138 valence electrons. The molecule has 0 unspecified atom stereocenters. The van der Waals surface area contributed by atoms with E-state index in [1.807, 2.05) is 0 Å². The Morgan fingerprint density at radius 3 is 2.78 bits per heavy atom. The molecule has 0 aliphatic carbocycles. The zero-order valence-corrected chi connectivity index (χ0v) is 15.5. The molecular weight excluding hydrogens is 389 g/mol. The molecule has 1 aliphatic rings. The number of hydrogen-bond acceptors (Lipinski definition) is 6. The number of benzene rings is 2. The molecule has 0 aromatic heterocycles. The predicted molar refractivity (Wildman–Crippen MR) is 102 cm³/mol. The highest BCUT2D eigenvalue weighted by Gasteiger charge is 2.31. The van der Waals surface area contributed by atoms with Crippen LogP contribution in [0.2, 0.25) is 0 Å². The van der Waals surface area contributed by atoms with Crippen LogP contribution in [0.3, 0.4) is 0 Å². The van der Waals surface area contributed by atoms with Gasteiger partial charge in [0.2, 0.25) is 0 Å². The van der Waals surface area contributed by atoms with E-state index in [-0.39, 0.29) is 16.7 Å². The van der Waals surface area contributed by atoms with Gasteiger partial charge in [0.15, 0.2) is 0 Å². The Labute approximate surface area is 164 Å². The van der Waals surface area contributed by atoms with Crippen LogP contribution in [0.15, 0.2) is 53.4 Å². The van der Waals surface area contributed by atoms with Crippen LogP contribution in [-0.4, -0.2) is 27.6 Å². The van der Waals surface area contributed by atoms with Crippen LogP contribution >= 0.6 is 24.0 Å². The van der Waals surface area contributed by atoms with Gasteiger partial charge in [-0.05, 0) is 29.8 Å². The normalized spacial score (nSPS) is 15.4. The predicted octanol–water partition coefficient (Wildman–Crippen LogP) is 2.36. The lowest BCUT2D eigenvalue weighted by Crippen LogP contribution is -2.40. The number of halogens is 1. The lowest BCUT2D eigenvalue weighted by Gasteiger charge is -2.14. The second-order valence-corrected chi connectivity index (χ2v) is 7.27. The van der Waals surface area contributed by atoms with Gasteiger partial charge >= 0.3 is 0 Å². The number of carbonyl (C=O) groups is 2. The van der Waals surface area contributed by atoms with E-state index in [4.69, 9.17) is 17.0 Å². The first-order valence-electron chi connectivity index (χ1n) is 7.85. The van der Waals surface area contributed by atoms with Crippen molar-refractivity contribution in [2.45, 2.75) is 6.61 Å². The summed E-state index contributed by atoms with van der Waals surface area (Å²) in [5.41, 5.74) is 1.11. The Morgan fingerprint density at radius 1 is 1.26 bits per heavy atom. The largest absolute Gasteiger partial charge is 0.548 e. The van der Waals surface area contributed by atoms with Gasteiger partial charge in [-0.2, -0.15) is 0 Å². The Hall–Kier alpha value is -2.71. The van der Waals surface area contributed by atoms with E-state index in [1.165, 1.54) is 6.07 Å². The molecule has 0 bridgehead atoms. The first-order valence-corrected chi connectivity index (χ1v) is 9.08. The van der Waals surface area contributed by atoms with E-state index < -0.39 is 18.4 Å². The molecule has 8 heteroatoms. The number of thioether (sulfide) groups is 1. The van der Waals surface area contributed by atoms with Gasteiger partial charge in [-0.15, -0.1) is 0 Å². The van der Waals surface area contributed by atoms with Gasteiger partial charge < -0.3 is 14.6 Å². The van der Waals surface area contributed by atoms with E-state index >= 15 is 0 Å². The topological polar surface area (TPSA) is 69.7 Å². The van der Waals surface area contributed by atoms with E-state index in [9.17, 15) is 19.1 Å². The van der Waals surface area contributed by atoms with Crippen molar-refractivity contribution in [1.29, 1.82) is 0 Å². The highest BCUT2D eigenvalue weighted by Crippen LogP contribution is 2.32. The first-order chi connectivity index (χ1) is 12.9. The number of rotatable bonds is 6. The molecule has 0 N–H and O–H groups in total. The minimum Gasteiger partial charge on any atom is -0.548 e. The maximum absolute atomic E-state index is 13.7. The average molecular weight is 402 g/mol. The fourth-order valence-corrected chi connectivity index (χ4v) is 3.64. The molecule has 2 aromatic carbocycles. The van der Waals surface area contributed by atoms with Gasteiger partial charge in [0, 0.05) is 5.56 Å². The fourth-order valence-electron chi connectivity index (χ4n) is 2.39. The molecule has 1 saturated heterocycles. The number of carboxylic acids is 1. The molecular formula is C19H13FNO4S2-. The van der Waals surface area contributed by atoms with E-state index in [0.717, 1.165) is 16.7 Å². The summed E-state index contributed by atoms with van der Waals surface area (Å²) in [7, 11) is 0. The Kier molecular flexibility index (Phi) is 5.88. The maximum atomic E-state index is 13.7. The second-order valence-electron chi connectivity index (χ2n) is 5.59. The quantitative estimate of drug-likeness (QED) is 0.546. The number of nitrogens with zero attached hydrogens (tertiary/aromatic N) is 1. The Morgan fingerprint density at radius 2 is 2.04 bits per heavy atom. The second kappa shape index (κ2) is 8.32. The van der Waals surface area contributed by atoms with Crippen LogP contribution in [-0.2, 0) is 16.2 Å². The standard InChI is InChI=1S/C19H14FNO4S2/c20-15-7-2-1-5-13(15)11-25-14-6-3-4-12(8-14)9-16-18(24)21(10-17(22)23)19(26)27-16/h1-9H,10-11H2,(H,22,23)/p-1/b16-9-. The molecule has 5 nitrogen and oxygen atoms in total. The van der Waals surface area contributed by atoms with Crippen molar-refractivity contribution < 1.29 is 23.8 Å². The summed E-state index contributed by atoms with van der Waals surface area (Å²) >= 11 is 6.06. The van der Waals surface area contributed by atoms with Gasteiger partial charge in [-0.1, -0.05) is 54.3 Å². The lowest BCUT2D eigenvalue weighted by atomic mass is 10.2. The van der Waals surface area contributed by atoms with Crippen LogP contribution in [0.25, 0.3) is 6.08 Å². The zero-order chi connectivity index (χ0) is 19.4. The third kappa shape index (κ3) is 4.72. The number of hydrogen-bond donors (Lipinski definition) is 0. The van der Waals surface area contributed by atoms with Gasteiger partial charge in [-0.25, -0.2) is 4.39 Å². The van der Waals surface area contributed by atoms with E-state index in [0.29, 0.717) is 21.8 Å². The Bertz CT molecular complexity index is 945. The molecule has 27 heavy (non-hydrogen) atoms. The minimum absolute atomic E-state index is 0.0733. The SMILES string of the molecule is O=C([O-])CN1C(=O)/C(=C/c2cccc(OCc3ccccc3F)c2)SC1=S. The number of amides is 1. The molecule has 1 fully saturated rings. The van der Waals surface area contributed by atoms with Gasteiger partial charge in [0.05, 0.1) is 17.4 Å². The average Bonchev–Trinajstić information content (AvgIpc) is 2.88. The summed E-state index contributed by atoms with van der Waals surface area (Å²) in [4.78, 5) is 24.3. The summed E-state index contributed by atoms with van der Waals surface area (Å²) < 4.78 is 19.4. The number of ether oxygens (including phenoxy) is 1. The van der Waals surface area contributed by atoms with E-state index in [2.05, 4.69) is 0 Å². The smallest absolute Gasteiger partial charge is 0.266 e. The van der Waals surface area contributed by atoms with Gasteiger partial charge in [0.1, 0.15) is 22.5 Å². The highest BCUT2D eigenvalue weighted by atomic mass is 32.2. The monoisotopic (exact) mass is 402 g/mol. The number of carbonyl (C=O) groups excluding carboxylic acids is 2. The lowest BCUT2D eigenvalue weighted by molar-refractivity contribution is -0.305. The molecule has 0 saturated carbocycles. The molecule has 3 rings (SSSR count). The molecule has 0 radical (unpaired) electrons. The van der Waals surface area contributed by atoms with Crippen molar-refractivity contribution in [3.05, 3.63) is 70.4 Å². The summed E-state index contributed by atoms with van der Waals surface area (Å²) in [6.07, 6.45) is 1.60. The molecule has 1 amide bonds. The number of thiocarbonyl (C=S) groups is 1. The number of aliphatic carboxylic acids is 1. The minimum atomic E-state index is -1.38. The molecule has 1 aliphatic heterocycles. The van der Waals surface area contributed by atoms with Crippen molar-refractivity contribution in [2.24, 2.45) is 0 Å². The Balaban J connectivity index is 1.73. The van der Waals surface area contributed by atoms with Crippen molar-refractivity contribution >= 4 is 46.3 Å². The van der Waals surface area contributed by atoms with Crippen molar-refractivity contribution in [1.82, 2.24) is 4.90 Å². The summed E-state index contributed by atoms with van der Waals surface area (Å²) in [5, 5.41) is 10.7. The zero-order valence-electron chi connectivity index (χ0n) is 13.9. The summed E-state index contributed by atoms with van der Waals surface area (Å²) in [6, 6.07) is 13.3. The first kappa shape index (κ1) is 19.1. The summed E-state index contributed by atoms with van der Waals surface area (Å²) in [5.74, 6) is -1.69. The van der Waals surface area contributed by atoms with Crippen molar-refractivity contribution in [3.63, 3.8) is 0 Å². The molecule has 1 heterocycles. The fraction of sp³-hybridized carbons (Fsp3) is 0.105. The molecule has 0 spiro atoms. The number of carboxylic acid groups (broad SMARTS) is 1.